The second-order valence-corrected chi connectivity index (χ2v) is 7.89. The molecule has 4 rings (SSSR count). The van der Waals surface area contributed by atoms with Crippen LogP contribution in [-0.2, 0) is 6.54 Å². The van der Waals surface area contributed by atoms with Crippen molar-refractivity contribution in [2.45, 2.75) is 13.5 Å². The summed E-state index contributed by atoms with van der Waals surface area (Å²) in [5, 5.41) is 1.30. The van der Waals surface area contributed by atoms with E-state index in [1.807, 2.05) is 11.3 Å². The average Bonchev–Trinajstić information content (AvgIpc) is 3.00. The lowest BCUT2D eigenvalue weighted by Gasteiger charge is -2.15. The molecule has 0 aliphatic rings. The third-order valence-corrected chi connectivity index (χ3v) is 5.84. The Bertz CT molecular complexity index is 1050. The van der Waals surface area contributed by atoms with Crippen LogP contribution in [0.5, 0.6) is 0 Å². The summed E-state index contributed by atoms with van der Waals surface area (Å²) in [5.41, 5.74) is 6.46. The number of aryl methyl sites for hydroxylation is 1. The molecule has 0 saturated heterocycles. The summed E-state index contributed by atoms with van der Waals surface area (Å²) in [6.45, 7) is 3.04. The van der Waals surface area contributed by atoms with Crippen LogP contribution < -0.4 is 9.47 Å². The highest BCUT2D eigenvalue weighted by Gasteiger charge is 2.24. The Morgan fingerprint density at radius 1 is 0.885 bits per heavy atom. The van der Waals surface area contributed by atoms with Crippen LogP contribution in [0.1, 0.15) is 11.1 Å². The highest BCUT2D eigenvalue weighted by Crippen LogP contribution is 2.35. The largest absolute Gasteiger partial charge is 0.377 e. The predicted molar refractivity (Wildman–Crippen MR) is 112 cm³/mol. The lowest BCUT2D eigenvalue weighted by Crippen LogP contribution is -2.35. The van der Waals surface area contributed by atoms with Gasteiger partial charge in [-0.3, -0.25) is 0 Å². The van der Waals surface area contributed by atoms with E-state index in [2.05, 4.69) is 103 Å². The summed E-state index contributed by atoms with van der Waals surface area (Å²) in [7, 11) is 4.22. The lowest BCUT2D eigenvalue weighted by molar-refractivity contribution is -0.647. The first-order valence-corrected chi connectivity index (χ1v) is 9.69. The van der Waals surface area contributed by atoms with Crippen LogP contribution in [0.4, 0.5) is 5.69 Å². The van der Waals surface area contributed by atoms with Gasteiger partial charge in [0.1, 0.15) is 4.70 Å². The van der Waals surface area contributed by atoms with E-state index in [1.54, 1.807) is 0 Å². The number of hydrogen-bond acceptors (Lipinski definition) is 2. The van der Waals surface area contributed by atoms with Crippen LogP contribution in [0, 0.1) is 6.92 Å². The molecule has 0 atom stereocenters. The van der Waals surface area contributed by atoms with E-state index in [4.69, 9.17) is 0 Å². The maximum atomic E-state index is 2.46. The van der Waals surface area contributed by atoms with Gasteiger partial charge in [-0.25, -0.2) is 0 Å². The maximum absolute atomic E-state index is 2.46. The van der Waals surface area contributed by atoms with Gasteiger partial charge in [0.15, 0.2) is 6.54 Å². The van der Waals surface area contributed by atoms with E-state index < -0.39 is 0 Å². The van der Waals surface area contributed by atoms with Crippen molar-refractivity contribution in [1.82, 2.24) is 0 Å². The van der Waals surface area contributed by atoms with E-state index >= 15 is 0 Å². The van der Waals surface area contributed by atoms with E-state index in [9.17, 15) is 0 Å². The maximum Gasteiger partial charge on any atom is 0.272 e. The Morgan fingerprint density at radius 3 is 2.38 bits per heavy atom. The van der Waals surface area contributed by atoms with Crippen LogP contribution in [0.15, 0.2) is 72.8 Å². The second-order valence-electron chi connectivity index (χ2n) is 6.86. The van der Waals surface area contributed by atoms with Gasteiger partial charge in [0.25, 0.3) is 5.01 Å². The van der Waals surface area contributed by atoms with Gasteiger partial charge in [0.05, 0.1) is 11.3 Å². The number of thiazole rings is 1. The first kappa shape index (κ1) is 16.8. The topological polar surface area (TPSA) is 7.12 Å². The minimum absolute atomic E-state index is 0.876. The van der Waals surface area contributed by atoms with Crippen molar-refractivity contribution in [3.05, 3.63) is 83.9 Å². The van der Waals surface area contributed by atoms with Gasteiger partial charge in [0, 0.05) is 25.7 Å². The molecule has 0 bridgehead atoms. The third-order valence-electron chi connectivity index (χ3n) is 4.66. The van der Waals surface area contributed by atoms with Crippen molar-refractivity contribution in [2.75, 3.05) is 19.0 Å². The minimum Gasteiger partial charge on any atom is -0.377 e. The molecule has 0 saturated carbocycles. The number of aromatic nitrogens is 1. The molecule has 0 aliphatic carbocycles. The second kappa shape index (κ2) is 6.93. The molecular weight excluding hydrogens is 336 g/mol. The first-order valence-electron chi connectivity index (χ1n) is 8.87. The number of fused-ring (bicyclic) bond motifs is 1. The molecule has 2 nitrogen and oxygen atoms in total. The Hall–Kier alpha value is -2.65. The van der Waals surface area contributed by atoms with Gasteiger partial charge >= 0.3 is 0 Å². The van der Waals surface area contributed by atoms with Crippen LogP contribution >= 0.6 is 11.3 Å². The number of hydrogen-bond donors (Lipinski definition) is 0. The third kappa shape index (κ3) is 3.11. The summed E-state index contributed by atoms with van der Waals surface area (Å²) in [4.78, 5) is 2.19. The number of benzene rings is 3. The smallest absolute Gasteiger partial charge is 0.272 e. The van der Waals surface area contributed by atoms with Crippen LogP contribution in [0.3, 0.4) is 0 Å². The van der Waals surface area contributed by atoms with Crippen LogP contribution in [0.2, 0.25) is 0 Å². The van der Waals surface area contributed by atoms with Gasteiger partial charge < -0.3 is 4.90 Å². The molecule has 0 radical (unpaired) electrons. The van der Waals surface area contributed by atoms with Gasteiger partial charge in [-0.05, 0) is 30.7 Å². The van der Waals surface area contributed by atoms with Crippen LogP contribution in [0.25, 0.3) is 20.8 Å². The molecule has 0 unspecified atom stereocenters. The first-order chi connectivity index (χ1) is 12.6. The zero-order valence-electron chi connectivity index (χ0n) is 15.4. The fourth-order valence-corrected chi connectivity index (χ4v) is 4.65. The zero-order chi connectivity index (χ0) is 18.1. The summed E-state index contributed by atoms with van der Waals surface area (Å²) >= 11 is 1.88. The van der Waals surface area contributed by atoms with Crippen molar-refractivity contribution in [3.8, 4) is 10.6 Å². The zero-order valence-corrected chi connectivity index (χ0v) is 16.3. The molecule has 0 spiro atoms. The number of anilines is 1. The minimum atomic E-state index is 0.876. The summed E-state index contributed by atoms with van der Waals surface area (Å²) in [6, 6.07) is 26.1. The van der Waals surface area contributed by atoms with Gasteiger partial charge in [-0.15, -0.1) is 0 Å². The highest BCUT2D eigenvalue weighted by molar-refractivity contribution is 7.21. The van der Waals surface area contributed by atoms with E-state index in [1.165, 1.54) is 37.6 Å². The fourth-order valence-electron chi connectivity index (χ4n) is 3.36. The number of rotatable bonds is 4. The standard InChI is InChI=1S/C23H23N2S/c1-17-13-14-21-22(15-17)26-23(19-11-7-8-12-20(19)24(2)3)25(21)16-18-9-5-4-6-10-18/h4-15H,16H2,1-3H3/q+1. The van der Waals surface area contributed by atoms with E-state index in [0.29, 0.717) is 0 Å². The molecule has 1 aromatic heterocycles. The van der Waals surface area contributed by atoms with Gasteiger partial charge in [-0.2, -0.15) is 4.57 Å². The Balaban J connectivity index is 1.95. The molecule has 0 aliphatic heterocycles. The SMILES string of the molecule is Cc1ccc2c(c1)sc(-c1ccccc1N(C)C)[n+]2Cc1ccccc1. The van der Waals surface area contributed by atoms with Crippen molar-refractivity contribution in [3.63, 3.8) is 0 Å². The van der Waals surface area contributed by atoms with Gasteiger partial charge in [-0.1, -0.05) is 59.9 Å². The highest BCUT2D eigenvalue weighted by atomic mass is 32.1. The molecule has 4 aromatic rings. The predicted octanol–water partition coefficient (Wildman–Crippen LogP) is 5.28. The molecule has 0 fully saturated rings. The molecule has 0 amide bonds. The molecular formula is C23H23N2S+. The van der Waals surface area contributed by atoms with E-state index in [0.717, 1.165) is 6.54 Å². The Morgan fingerprint density at radius 2 is 1.62 bits per heavy atom. The van der Waals surface area contributed by atoms with Gasteiger partial charge in [0.2, 0.25) is 5.52 Å². The normalized spacial score (nSPS) is 11.0. The molecule has 130 valence electrons. The average molecular weight is 360 g/mol. The number of nitrogens with zero attached hydrogens (tertiary/aromatic N) is 2. The fraction of sp³-hybridized carbons (Fsp3) is 0.174. The molecule has 3 heteroatoms. The Labute approximate surface area is 159 Å². The monoisotopic (exact) mass is 359 g/mol. The summed E-state index contributed by atoms with van der Waals surface area (Å²) in [6.07, 6.45) is 0. The van der Waals surface area contributed by atoms with Crippen molar-refractivity contribution < 1.29 is 4.57 Å². The lowest BCUT2D eigenvalue weighted by atomic mass is 10.1. The molecule has 3 aromatic carbocycles. The molecule has 1 heterocycles. The molecule has 0 N–H and O–H groups in total. The summed E-state index contributed by atoms with van der Waals surface area (Å²) < 4.78 is 3.79. The van der Waals surface area contributed by atoms with Crippen molar-refractivity contribution in [1.29, 1.82) is 0 Å². The number of para-hydroxylation sites is 1. The summed E-state index contributed by atoms with van der Waals surface area (Å²) in [5.74, 6) is 0. The van der Waals surface area contributed by atoms with Crippen molar-refractivity contribution in [2.24, 2.45) is 0 Å². The Kier molecular flexibility index (Phi) is 4.48. The molecule has 26 heavy (non-hydrogen) atoms. The van der Waals surface area contributed by atoms with Crippen LogP contribution in [-0.4, -0.2) is 14.1 Å². The van der Waals surface area contributed by atoms with E-state index in [-0.39, 0.29) is 0 Å². The quantitative estimate of drug-likeness (QED) is 0.450. The van der Waals surface area contributed by atoms with Crippen molar-refractivity contribution >= 4 is 27.2 Å².